The maximum atomic E-state index is 11.4. The Bertz CT molecular complexity index is 197. The Hall–Kier alpha value is -0.630. The molecule has 0 rings (SSSR count). The van der Waals surface area contributed by atoms with Crippen molar-refractivity contribution in [2.45, 2.75) is 71.3 Å². The topological polar surface area (TPSA) is 37.3 Å². The average molecular weight is 226 g/mol. The van der Waals surface area contributed by atoms with Crippen LogP contribution in [0.5, 0.6) is 0 Å². The maximum Gasteiger partial charge on any atom is 0.183 e. The Morgan fingerprint density at radius 2 is 1.81 bits per heavy atom. The second kappa shape index (κ2) is 10.9. The average Bonchev–Trinajstić information content (AvgIpc) is 2.28. The van der Waals surface area contributed by atoms with Crippen molar-refractivity contribution >= 4 is 5.78 Å². The number of aliphatic hydroxyl groups is 1. The van der Waals surface area contributed by atoms with E-state index in [2.05, 4.69) is 13.8 Å². The van der Waals surface area contributed by atoms with E-state index in [0.717, 1.165) is 25.7 Å². The zero-order valence-electron chi connectivity index (χ0n) is 10.7. The monoisotopic (exact) mass is 226 g/mol. The lowest BCUT2D eigenvalue weighted by Gasteiger charge is -2.06. The van der Waals surface area contributed by atoms with Gasteiger partial charge in [0, 0.05) is 0 Å². The minimum Gasteiger partial charge on any atom is -0.385 e. The molecule has 1 N–H and O–H groups in total. The Morgan fingerprint density at radius 3 is 2.44 bits per heavy atom. The predicted molar refractivity (Wildman–Crippen MR) is 68.4 cm³/mol. The lowest BCUT2D eigenvalue weighted by Crippen LogP contribution is -2.17. The van der Waals surface area contributed by atoms with Crippen LogP contribution in [0.15, 0.2) is 12.2 Å². The van der Waals surface area contributed by atoms with Gasteiger partial charge in [0.2, 0.25) is 0 Å². The standard InChI is InChI=1S/C14H26O2/c1-3-5-7-8-10-12-14(16)13(15)11-9-6-4-2/h9,11,14,16H,3-8,10,12H2,1-2H3/b11-9+. The third-order valence-corrected chi connectivity index (χ3v) is 2.65. The molecule has 0 spiro atoms. The van der Waals surface area contributed by atoms with E-state index in [1.54, 1.807) is 0 Å². The van der Waals surface area contributed by atoms with Gasteiger partial charge in [0.05, 0.1) is 0 Å². The molecular formula is C14H26O2. The van der Waals surface area contributed by atoms with Gasteiger partial charge in [-0.05, 0) is 18.9 Å². The Morgan fingerprint density at radius 1 is 1.12 bits per heavy atom. The molecule has 0 fully saturated rings. The van der Waals surface area contributed by atoms with E-state index >= 15 is 0 Å². The summed E-state index contributed by atoms with van der Waals surface area (Å²) in [5.74, 6) is -0.135. The van der Waals surface area contributed by atoms with E-state index in [-0.39, 0.29) is 5.78 Å². The molecule has 0 saturated heterocycles. The molecule has 0 aromatic heterocycles. The van der Waals surface area contributed by atoms with Gasteiger partial charge in [-0.25, -0.2) is 0 Å². The van der Waals surface area contributed by atoms with Gasteiger partial charge >= 0.3 is 0 Å². The molecule has 0 aliphatic carbocycles. The lowest BCUT2D eigenvalue weighted by atomic mass is 10.0. The Labute approximate surface area is 99.7 Å². The summed E-state index contributed by atoms with van der Waals surface area (Å²) >= 11 is 0. The molecule has 94 valence electrons. The van der Waals surface area contributed by atoms with Gasteiger partial charge in [-0.15, -0.1) is 0 Å². The molecule has 0 radical (unpaired) electrons. The molecule has 0 heterocycles. The van der Waals surface area contributed by atoms with Crippen LogP contribution in [0.25, 0.3) is 0 Å². The third-order valence-electron chi connectivity index (χ3n) is 2.65. The number of aliphatic hydroxyl groups excluding tert-OH is 1. The van der Waals surface area contributed by atoms with Crippen LogP contribution in [0.1, 0.15) is 65.2 Å². The first-order valence-corrected chi connectivity index (χ1v) is 6.60. The van der Waals surface area contributed by atoms with Gasteiger partial charge in [-0.1, -0.05) is 58.4 Å². The molecular weight excluding hydrogens is 200 g/mol. The number of carbonyl (C=O) groups excluding carboxylic acids is 1. The summed E-state index contributed by atoms with van der Waals surface area (Å²) in [6.07, 6.45) is 10.9. The summed E-state index contributed by atoms with van der Waals surface area (Å²) in [6.45, 7) is 4.25. The molecule has 2 heteroatoms. The fourth-order valence-corrected chi connectivity index (χ4v) is 1.56. The zero-order valence-corrected chi connectivity index (χ0v) is 10.7. The summed E-state index contributed by atoms with van der Waals surface area (Å²) in [5, 5.41) is 9.57. The first-order chi connectivity index (χ1) is 7.72. The number of unbranched alkanes of at least 4 members (excludes halogenated alkanes) is 5. The molecule has 1 unspecified atom stereocenters. The predicted octanol–water partition coefficient (Wildman–Crippen LogP) is 3.63. The van der Waals surface area contributed by atoms with Crippen molar-refractivity contribution in [3.8, 4) is 0 Å². The maximum absolute atomic E-state index is 11.4. The summed E-state index contributed by atoms with van der Waals surface area (Å²) in [6, 6.07) is 0. The SMILES string of the molecule is CCC/C=C/C(=O)C(O)CCCCCCC. The fourth-order valence-electron chi connectivity index (χ4n) is 1.56. The number of hydrogen-bond acceptors (Lipinski definition) is 2. The highest BCUT2D eigenvalue weighted by Crippen LogP contribution is 2.08. The molecule has 1 atom stereocenters. The highest BCUT2D eigenvalue weighted by atomic mass is 16.3. The van der Waals surface area contributed by atoms with Crippen molar-refractivity contribution < 1.29 is 9.90 Å². The van der Waals surface area contributed by atoms with E-state index in [4.69, 9.17) is 0 Å². The van der Waals surface area contributed by atoms with Crippen LogP contribution in [-0.2, 0) is 4.79 Å². The van der Waals surface area contributed by atoms with E-state index in [0.29, 0.717) is 6.42 Å². The zero-order chi connectivity index (χ0) is 12.2. The van der Waals surface area contributed by atoms with Gasteiger partial charge < -0.3 is 5.11 Å². The molecule has 2 nitrogen and oxygen atoms in total. The normalized spacial score (nSPS) is 13.2. The molecule has 0 aliphatic heterocycles. The summed E-state index contributed by atoms with van der Waals surface area (Å²) in [7, 11) is 0. The number of carbonyl (C=O) groups is 1. The van der Waals surface area contributed by atoms with Crippen LogP contribution in [-0.4, -0.2) is 17.0 Å². The third kappa shape index (κ3) is 8.66. The summed E-state index contributed by atoms with van der Waals surface area (Å²) in [4.78, 5) is 11.4. The minimum atomic E-state index is -0.783. The number of ketones is 1. The molecule has 0 amide bonds. The second-order valence-electron chi connectivity index (χ2n) is 4.31. The van der Waals surface area contributed by atoms with Crippen molar-refractivity contribution in [3.05, 3.63) is 12.2 Å². The molecule has 0 aromatic rings. The lowest BCUT2D eigenvalue weighted by molar-refractivity contribution is -0.122. The van der Waals surface area contributed by atoms with E-state index in [1.807, 2.05) is 6.08 Å². The van der Waals surface area contributed by atoms with Gasteiger partial charge in [0.1, 0.15) is 6.10 Å². The number of hydrogen-bond donors (Lipinski definition) is 1. The summed E-state index contributed by atoms with van der Waals surface area (Å²) < 4.78 is 0. The van der Waals surface area contributed by atoms with Crippen molar-refractivity contribution in [1.82, 2.24) is 0 Å². The quantitative estimate of drug-likeness (QED) is 0.456. The van der Waals surface area contributed by atoms with Gasteiger partial charge in [-0.3, -0.25) is 4.79 Å². The van der Waals surface area contributed by atoms with Crippen LogP contribution in [0, 0.1) is 0 Å². The van der Waals surface area contributed by atoms with Gasteiger partial charge in [0.15, 0.2) is 5.78 Å². The smallest absolute Gasteiger partial charge is 0.183 e. The largest absolute Gasteiger partial charge is 0.385 e. The van der Waals surface area contributed by atoms with Crippen molar-refractivity contribution in [3.63, 3.8) is 0 Å². The molecule has 0 saturated carbocycles. The molecule has 0 bridgehead atoms. The summed E-state index contributed by atoms with van der Waals surface area (Å²) in [5.41, 5.74) is 0. The fraction of sp³-hybridized carbons (Fsp3) is 0.786. The van der Waals surface area contributed by atoms with Gasteiger partial charge in [-0.2, -0.15) is 0 Å². The minimum absolute atomic E-state index is 0.135. The molecule has 16 heavy (non-hydrogen) atoms. The second-order valence-corrected chi connectivity index (χ2v) is 4.31. The molecule has 0 aliphatic rings. The van der Waals surface area contributed by atoms with Crippen LogP contribution in [0.4, 0.5) is 0 Å². The number of allylic oxidation sites excluding steroid dienone is 1. The number of rotatable bonds is 10. The van der Waals surface area contributed by atoms with Crippen LogP contribution in [0.2, 0.25) is 0 Å². The van der Waals surface area contributed by atoms with Crippen molar-refractivity contribution in [2.24, 2.45) is 0 Å². The molecule has 0 aromatic carbocycles. The van der Waals surface area contributed by atoms with Crippen LogP contribution < -0.4 is 0 Å². The van der Waals surface area contributed by atoms with Crippen molar-refractivity contribution in [1.29, 1.82) is 0 Å². The van der Waals surface area contributed by atoms with Crippen LogP contribution >= 0.6 is 0 Å². The highest BCUT2D eigenvalue weighted by Gasteiger charge is 2.10. The van der Waals surface area contributed by atoms with Crippen molar-refractivity contribution in [2.75, 3.05) is 0 Å². The Kier molecular flexibility index (Phi) is 10.4. The van der Waals surface area contributed by atoms with E-state index in [1.165, 1.54) is 25.3 Å². The van der Waals surface area contributed by atoms with E-state index < -0.39 is 6.10 Å². The Balaban J connectivity index is 3.55. The van der Waals surface area contributed by atoms with Crippen LogP contribution in [0.3, 0.4) is 0 Å². The van der Waals surface area contributed by atoms with Gasteiger partial charge in [0.25, 0.3) is 0 Å². The highest BCUT2D eigenvalue weighted by molar-refractivity contribution is 5.93. The first-order valence-electron chi connectivity index (χ1n) is 6.60. The van der Waals surface area contributed by atoms with E-state index in [9.17, 15) is 9.90 Å². The first kappa shape index (κ1) is 15.4.